The molecule has 0 bridgehead atoms. The van der Waals surface area contributed by atoms with Crippen molar-refractivity contribution >= 4 is 59.7 Å². The van der Waals surface area contributed by atoms with Crippen LogP contribution in [0.15, 0.2) is 43.1 Å². The van der Waals surface area contributed by atoms with Gasteiger partial charge in [-0.15, -0.1) is 0 Å². The van der Waals surface area contributed by atoms with E-state index in [1.807, 2.05) is 34.6 Å². The maximum absolute atomic E-state index is 12.0. The summed E-state index contributed by atoms with van der Waals surface area (Å²) in [5.74, 6) is -0.499. The Morgan fingerprint density at radius 1 is 0.892 bits per heavy atom. The van der Waals surface area contributed by atoms with Crippen molar-refractivity contribution in [2.24, 2.45) is 0 Å². The normalized spacial score (nSPS) is 11.7. The fourth-order valence-electron chi connectivity index (χ4n) is 2.90. The highest BCUT2D eigenvalue weighted by molar-refractivity contribution is 9.11. The van der Waals surface area contributed by atoms with Gasteiger partial charge in [-0.25, -0.2) is 4.79 Å². The van der Waals surface area contributed by atoms with Gasteiger partial charge < -0.3 is 19.0 Å². The molecule has 2 heterocycles. The van der Waals surface area contributed by atoms with E-state index in [1.165, 1.54) is 10.6 Å². The summed E-state index contributed by atoms with van der Waals surface area (Å²) >= 11 is 9.86. The number of esters is 2. The van der Waals surface area contributed by atoms with Gasteiger partial charge >= 0.3 is 11.9 Å². The third-order valence-corrected chi connectivity index (χ3v) is 7.35. The maximum Gasteiger partial charge on any atom is 0.329 e. The Hall–Kier alpha value is -1.72. The Labute approximate surface area is 243 Å². The van der Waals surface area contributed by atoms with Crippen molar-refractivity contribution in [3.63, 3.8) is 0 Å². The molecule has 0 fully saturated rings. The van der Waals surface area contributed by atoms with Gasteiger partial charge in [0.1, 0.15) is 10.9 Å². The number of aromatic amines is 1. The van der Waals surface area contributed by atoms with E-state index in [-0.39, 0.29) is 27.9 Å². The van der Waals surface area contributed by atoms with Crippen molar-refractivity contribution in [1.29, 1.82) is 0 Å². The largest absolute Gasteiger partial charge is 0.465 e. The average Bonchev–Trinajstić information content (AvgIpc) is 2.84. The molecule has 2 aromatic heterocycles. The van der Waals surface area contributed by atoms with Gasteiger partial charge in [-0.2, -0.15) is 0 Å². The fourth-order valence-corrected chi connectivity index (χ4v) is 4.06. The summed E-state index contributed by atoms with van der Waals surface area (Å²) in [7, 11) is 0. The number of alkyl halides is 1. The van der Waals surface area contributed by atoms with Gasteiger partial charge in [-0.3, -0.25) is 14.4 Å². The van der Waals surface area contributed by atoms with Crippen LogP contribution in [0, 0.1) is 13.8 Å². The second-order valence-electron chi connectivity index (χ2n) is 7.94. The first-order valence-corrected chi connectivity index (χ1v) is 14.6. The van der Waals surface area contributed by atoms with Crippen LogP contribution in [0.1, 0.15) is 70.5 Å². The van der Waals surface area contributed by atoms with E-state index < -0.39 is 6.04 Å². The smallest absolute Gasteiger partial charge is 0.329 e. The average molecular weight is 713 g/mol. The van der Waals surface area contributed by atoms with Gasteiger partial charge in [-0.1, -0.05) is 42.6 Å². The molecular weight excluding hydrogens is 676 g/mol. The van der Waals surface area contributed by atoms with Gasteiger partial charge in [0, 0.05) is 33.5 Å². The maximum atomic E-state index is 12.0. The number of carbonyl (C=O) groups excluding carboxylic acids is 2. The molecule has 0 aliphatic heterocycles. The number of rotatable bonds is 9. The molecule has 0 aromatic carbocycles. The molecule has 2 rings (SSSR count). The number of halogens is 3. The lowest BCUT2D eigenvalue weighted by Crippen LogP contribution is -2.30. The minimum atomic E-state index is -0.542. The quantitative estimate of drug-likeness (QED) is 0.239. The van der Waals surface area contributed by atoms with E-state index in [0.29, 0.717) is 19.6 Å². The zero-order valence-electron chi connectivity index (χ0n) is 22.2. The Morgan fingerprint density at radius 2 is 1.43 bits per heavy atom. The highest BCUT2D eigenvalue weighted by atomic mass is 79.9. The number of hydrogen-bond acceptors (Lipinski definition) is 6. The van der Waals surface area contributed by atoms with E-state index in [4.69, 9.17) is 9.47 Å². The highest BCUT2D eigenvalue weighted by Crippen LogP contribution is 2.19. The third-order valence-electron chi connectivity index (χ3n) is 4.83. The second kappa shape index (κ2) is 19.4. The molecule has 0 saturated carbocycles. The first kappa shape index (κ1) is 35.3. The molecule has 0 spiro atoms. The SMILES string of the molecule is CCCC(Br)C(=O)OCC.CCCC(C(=O)OCC)n1cc(Br)c(C)cc1=O.Cc1cc(=O)[nH]cc1Br. The molecule has 8 nitrogen and oxygen atoms in total. The first-order chi connectivity index (χ1) is 17.4. The molecule has 0 saturated heterocycles. The van der Waals surface area contributed by atoms with Crippen molar-refractivity contribution in [1.82, 2.24) is 9.55 Å². The van der Waals surface area contributed by atoms with E-state index in [9.17, 15) is 19.2 Å². The van der Waals surface area contributed by atoms with Crippen molar-refractivity contribution in [3.8, 4) is 0 Å². The zero-order valence-corrected chi connectivity index (χ0v) is 27.0. The van der Waals surface area contributed by atoms with Gasteiger partial charge in [-0.05, 0) is 83.5 Å². The van der Waals surface area contributed by atoms with Gasteiger partial charge in [0.15, 0.2) is 0 Å². The summed E-state index contributed by atoms with van der Waals surface area (Å²) in [6.45, 7) is 12.1. The monoisotopic (exact) mass is 710 g/mol. The van der Waals surface area contributed by atoms with E-state index >= 15 is 0 Å². The van der Waals surface area contributed by atoms with Crippen LogP contribution in [-0.2, 0) is 19.1 Å². The van der Waals surface area contributed by atoms with E-state index in [1.54, 1.807) is 25.4 Å². The molecule has 37 heavy (non-hydrogen) atoms. The van der Waals surface area contributed by atoms with Crippen molar-refractivity contribution in [2.45, 2.75) is 78.1 Å². The summed E-state index contributed by atoms with van der Waals surface area (Å²) in [4.78, 5) is 47.7. The number of nitrogens with zero attached hydrogens (tertiary/aromatic N) is 1. The minimum absolute atomic E-state index is 0.0595. The third kappa shape index (κ3) is 13.6. The summed E-state index contributed by atoms with van der Waals surface area (Å²) < 4.78 is 13.0. The lowest BCUT2D eigenvalue weighted by atomic mass is 10.1. The summed E-state index contributed by atoms with van der Waals surface area (Å²) in [5.41, 5.74) is 1.58. The number of hydrogen-bond donors (Lipinski definition) is 1. The molecule has 0 aliphatic rings. The second-order valence-corrected chi connectivity index (χ2v) is 10.8. The summed E-state index contributed by atoms with van der Waals surface area (Å²) in [5, 5.41) is 0. The molecule has 1 N–H and O–H groups in total. The number of aromatic nitrogens is 2. The van der Waals surface area contributed by atoms with Crippen molar-refractivity contribution < 1.29 is 19.1 Å². The fraction of sp³-hybridized carbons (Fsp3) is 0.538. The molecule has 208 valence electrons. The van der Waals surface area contributed by atoms with E-state index in [2.05, 4.69) is 52.8 Å². The van der Waals surface area contributed by atoms with E-state index in [0.717, 1.165) is 39.3 Å². The Balaban J connectivity index is 0.000000577. The minimum Gasteiger partial charge on any atom is -0.465 e. The Bertz CT molecular complexity index is 1100. The van der Waals surface area contributed by atoms with Gasteiger partial charge in [0.05, 0.1) is 13.2 Å². The topological polar surface area (TPSA) is 107 Å². The van der Waals surface area contributed by atoms with Crippen molar-refractivity contribution in [3.05, 3.63) is 65.3 Å². The molecule has 0 radical (unpaired) electrons. The van der Waals surface area contributed by atoms with Crippen LogP contribution in [0.5, 0.6) is 0 Å². The lowest BCUT2D eigenvalue weighted by molar-refractivity contribution is -0.147. The Kier molecular flexibility index (Phi) is 18.5. The molecule has 2 aromatic rings. The van der Waals surface area contributed by atoms with Crippen LogP contribution in [0.25, 0.3) is 0 Å². The number of carbonyl (C=O) groups is 2. The molecule has 0 amide bonds. The lowest BCUT2D eigenvalue weighted by Gasteiger charge is -2.18. The summed E-state index contributed by atoms with van der Waals surface area (Å²) in [6.07, 6.45) is 6.54. The number of pyridine rings is 2. The summed E-state index contributed by atoms with van der Waals surface area (Å²) in [6, 6.07) is 2.52. The predicted molar refractivity (Wildman–Crippen MR) is 157 cm³/mol. The molecular formula is C26H37Br3N2O6. The predicted octanol–water partition coefficient (Wildman–Crippen LogP) is 6.38. The highest BCUT2D eigenvalue weighted by Gasteiger charge is 2.22. The van der Waals surface area contributed by atoms with Crippen LogP contribution in [0.3, 0.4) is 0 Å². The molecule has 11 heteroatoms. The first-order valence-electron chi connectivity index (χ1n) is 12.1. The van der Waals surface area contributed by atoms with Crippen LogP contribution in [0.4, 0.5) is 0 Å². The van der Waals surface area contributed by atoms with Gasteiger partial charge in [0.2, 0.25) is 5.56 Å². The molecule has 0 aliphatic carbocycles. The van der Waals surface area contributed by atoms with Crippen LogP contribution < -0.4 is 11.1 Å². The van der Waals surface area contributed by atoms with Gasteiger partial charge in [0.25, 0.3) is 5.56 Å². The van der Waals surface area contributed by atoms with Crippen LogP contribution in [0.2, 0.25) is 0 Å². The number of H-pyrrole nitrogens is 1. The molecule has 2 unspecified atom stereocenters. The molecule has 2 atom stereocenters. The zero-order chi connectivity index (χ0) is 28.5. The number of aryl methyl sites for hydroxylation is 2. The number of ether oxygens (including phenoxy) is 2. The van der Waals surface area contributed by atoms with Crippen LogP contribution in [-0.4, -0.2) is 39.5 Å². The number of nitrogens with one attached hydrogen (secondary N) is 1. The van der Waals surface area contributed by atoms with Crippen molar-refractivity contribution in [2.75, 3.05) is 13.2 Å². The standard InChI is InChI=1S/C13H18BrNO3.C7H13BrO2.C6H6BrNO/c1-4-6-11(13(17)18-5-2)15-8-10(14)9(3)7-12(15)16;1-3-5-6(8)7(9)10-4-2;1-4-2-6(9)8-3-5(4)7/h7-8,11H,4-6H2,1-3H3;6H,3-5H2,1-2H3;2-3H,1H3,(H,8,9). The van der Waals surface area contributed by atoms with Crippen LogP contribution >= 0.6 is 47.8 Å². The Morgan fingerprint density at radius 3 is 1.92 bits per heavy atom.